The zero-order valence-corrected chi connectivity index (χ0v) is 11.6. The number of ether oxygens (including phenoxy) is 2. The fourth-order valence-corrected chi connectivity index (χ4v) is 2.45. The lowest BCUT2D eigenvalue weighted by atomic mass is 10.0. The minimum absolute atomic E-state index is 0.102. The normalized spacial score (nSPS) is 18.7. The van der Waals surface area contributed by atoms with Gasteiger partial charge in [0, 0.05) is 13.2 Å². The van der Waals surface area contributed by atoms with Crippen molar-refractivity contribution in [2.24, 2.45) is 0 Å². The maximum atomic E-state index is 6.10. The smallest absolute Gasteiger partial charge is 0.0807 e. The molecule has 3 nitrogen and oxygen atoms in total. The molecular weight excluding hydrogens is 214 g/mol. The predicted molar refractivity (Wildman–Crippen MR) is 71.4 cm³/mol. The lowest BCUT2D eigenvalue weighted by molar-refractivity contribution is -0.0624. The summed E-state index contributed by atoms with van der Waals surface area (Å²) in [6, 6.07) is 0. The van der Waals surface area contributed by atoms with Crippen molar-refractivity contribution < 1.29 is 9.47 Å². The number of nitrogens with one attached hydrogen (secondary N) is 1. The second-order valence-corrected chi connectivity index (χ2v) is 5.03. The highest BCUT2D eigenvalue weighted by Gasteiger charge is 2.34. The van der Waals surface area contributed by atoms with E-state index in [2.05, 4.69) is 19.2 Å². The molecule has 1 aliphatic carbocycles. The Labute approximate surface area is 106 Å². The molecule has 0 saturated heterocycles. The molecule has 1 rings (SSSR count). The van der Waals surface area contributed by atoms with E-state index >= 15 is 0 Å². The first-order valence-corrected chi connectivity index (χ1v) is 7.25. The molecule has 0 aromatic heterocycles. The van der Waals surface area contributed by atoms with Crippen LogP contribution in [0.5, 0.6) is 0 Å². The van der Waals surface area contributed by atoms with Crippen molar-refractivity contribution in [3.8, 4) is 0 Å². The molecule has 0 heterocycles. The van der Waals surface area contributed by atoms with Crippen LogP contribution in [0.3, 0.4) is 0 Å². The van der Waals surface area contributed by atoms with E-state index in [4.69, 9.17) is 9.47 Å². The second-order valence-electron chi connectivity index (χ2n) is 5.03. The van der Waals surface area contributed by atoms with E-state index in [1.807, 2.05) is 0 Å². The van der Waals surface area contributed by atoms with Crippen molar-refractivity contribution in [2.45, 2.75) is 58.0 Å². The quantitative estimate of drug-likeness (QED) is 0.598. The van der Waals surface area contributed by atoms with Crippen molar-refractivity contribution in [2.75, 3.05) is 32.9 Å². The van der Waals surface area contributed by atoms with Crippen LogP contribution in [0.2, 0.25) is 0 Å². The average Bonchev–Trinajstić information content (AvgIpc) is 2.79. The molecule has 0 unspecified atom stereocenters. The van der Waals surface area contributed by atoms with Crippen LogP contribution in [0.25, 0.3) is 0 Å². The SMILES string of the molecule is CCCNCC1(OCCOCCC)CCCC1. The standard InChI is InChI=1S/C14H29NO2/c1-3-9-15-13-14(7-5-6-8-14)17-12-11-16-10-4-2/h15H,3-13H2,1-2H3. The fourth-order valence-electron chi connectivity index (χ4n) is 2.45. The molecule has 0 radical (unpaired) electrons. The van der Waals surface area contributed by atoms with Crippen molar-refractivity contribution in [1.82, 2.24) is 5.32 Å². The Morgan fingerprint density at radius 2 is 1.76 bits per heavy atom. The van der Waals surface area contributed by atoms with Gasteiger partial charge in [-0.1, -0.05) is 26.7 Å². The Kier molecular flexibility index (Phi) is 7.82. The van der Waals surface area contributed by atoms with Gasteiger partial charge in [-0.05, 0) is 32.2 Å². The molecule has 0 atom stereocenters. The van der Waals surface area contributed by atoms with Crippen LogP contribution in [-0.4, -0.2) is 38.5 Å². The molecule has 1 aliphatic rings. The highest BCUT2D eigenvalue weighted by molar-refractivity contribution is 4.88. The van der Waals surface area contributed by atoms with Crippen LogP contribution >= 0.6 is 0 Å². The van der Waals surface area contributed by atoms with E-state index in [1.165, 1.54) is 32.1 Å². The Bertz CT molecular complexity index is 179. The molecule has 1 saturated carbocycles. The summed E-state index contributed by atoms with van der Waals surface area (Å²) in [6.07, 6.45) is 7.31. The third-order valence-corrected chi connectivity index (χ3v) is 3.37. The third-order valence-electron chi connectivity index (χ3n) is 3.37. The summed E-state index contributed by atoms with van der Waals surface area (Å²) in [5.74, 6) is 0. The number of hydrogen-bond acceptors (Lipinski definition) is 3. The summed E-state index contributed by atoms with van der Waals surface area (Å²) in [4.78, 5) is 0. The van der Waals surface area contributed by atoms with Crippen molar-refractivity contribution >= 4 is 0 Å². The van der Waals surface area contributed by atoms with Crippen molar-refractivity contribution in [3.63, 3.8) is 0 Å². The monoisotopic (exact) mass is 243 g/mol. The minimum Gasteiger partial charge on any atom is -0.379 e. The van der Waals surface area contributed by atoms with Crippen LogP contribution < -0.4 is 5.32 Å². The Hall–Kier alpha value is -0.120. The van der Waals surface area contributed by atoms with Gasteiger partial charge in [-0.2, -0.15) is 0 Å². The van der Waals surface area contributed by atoms with E-state index in [-0.39, 0.29) is 5.60 Å². The van der Waals surface area contributed by atoms with Crippen LogP contribution in [0.1, 0.15) is 52.4 Å². The first-order chi connectivity index (χ1) is 8.33. The third kappa shape index (κ3) is 5.84. The fraction of sp³-hybridized carbons (Fsp3) is 1.00. The molecule has 0 aromatic carbocycles. The van der Waals surface area contributed by atoms with Crippen LogP contribution in [0, 0.1) is 0 Å². The molecule has 1 N–H and O–H groups in total. The van der Waals surface area contributed by atoms with Crippen LogP contribution in [0.4, 0.5) is 0 Å². The molecular formula is C14H29NO2. The van der Waals surface area contributed by atoms with Crippen LogP contribution in [-0.2, 0) is 9.47 Å². The largest absolute Gasteiger partial charge is 0.379 e. The van der Waals surface area contributed by atoms with Gasteiger partial charge in [0.1, 0.15) is 0 Å². The van der Waals surface area contributed by atoms with E-state index in [1.54, 1.807) is 0 Å². The molecule has 0 aliphatic heterocycles. The van der Waals surface area contributed by atoms with E-state index in [9.17, 15) is 0 Å². The van der Waals surface area contributed by atoms with E-state index in [0.29, 0.717) is 0 Å². The summed E-state index contributed by atoms with van der Waals surface area (Å²) in [6.45, 7) is 8.77. The van der Waals surface area contributed by atoms with E-state index in [0.717, 1.165) is 39.3 Å². The summed E-state index contributed by atoms with van der Waals surface area (Å²) < 4.78 is 11.6. The summed E-state index contributed by atoms with van der Waals surface area (Å²) in [7, 11) is 0. The molecule has 0 aromatic rings. The second kappa shape index (κ2) is 8.90. The number of rotatable bonds is 10. The van der Waals surface area contributed by atoms with Crippen molar-refractivity contribution in [1.29, 1.82) is 0 Å². The van der Waals surface area contributed by atoms with Crippen molar-refractivity contribution in [3.05, 3.63) is 0 Å². The van der Waals surface area contributed by atoms with Gasteiger partial charge < -0.3 is 14.8 Å². The lowest BCUT2D eigenvalue weighted by Gasteiger charge is -2.29. The zero-order chi connectivity index (χ0) is 12.4. The Morgan fingerprint density at radius 3 is 2.41 bits per heavy atom. The summed E-state index contributed by atoms with van der Waals surface area (Å²) >= 11 is 0. The van der Waals surface area contributed by atoms with Gasteiger partial charge in [-0.3, -0.25) is 0 Å². The first-order valence-electron chi connectivity index (χ1n) is 7.25. The Balaban J connectivity index is 2.17. The van der Waals surface area contributed by atoms with Crippen LogP contribution in [0.15, 0.2) is 0 Å². The molecule has 0 amide bonds. The minimum atomic E-state index is 0.102. The number of hydrogen-bond donors (Lipinski definition) is 1. The predicted octanol–water partition coefficient (Wildman–Crippen LogP) is 2.74. The highest BCUT2D eigenvalue weighted by atomic mass is 16.5. The average molecular weight is 243 g/mol. The summed E-state index contributed by atoms with van der Waals surface area (Å²) in [5, 5.41) is 3.50. The highest BCUT2D eigenvalue weighted by Crippen LogP contribution is 2.32. The molecule has 102 valence electrons. The van der Waals surface area contributed by atoms with Gasteiger partial charge >= 0.3 is 0 Å². The zero-order valence-electron chi connectivity index (χ0n) is 11.6. The Morgan fingerprint density at radius 1 is 1.00 bits per heavy atom. The molecule has 0 spiro atoms. The molecule has 1 fully saturated rings. The lowest BCUT2D eigenvalue weighted by Crippen LogP contribution is -2.41. The maximum absolute atomic E-state index is 6.10. The van der Waals surface area contributed by atoms with Gasteiger partial charge in [0.05, 0.1) is 18.8 Å². The van der Waals surface area contributed by atoms with Gasteiger partial charge in [0.15, 0.2) is 0 Å². The van der Waals surface area contributed by atoms with E-state index < -0.39 is 0 Å². The van der Waals surface area contributed by atoms with Gasteiger partial charge in [0.2, 0.25) is 0 Å². The first kappa shape index (κ1) is 14.9. The maximum Gasteiger partial charge on any atom is 0.0807 e. The topological polar surface area (TPSA) is 30.5 Å². The molecule has 3 heteroatoms. The molecule has 0 bridgehead atoms. The van der Waals surface area contributed by atoms with Gasteiger partial charge in [-0.15, -0.1) is 0 Å². The molecule has 17 heavy (non-hydrogen) atoms. The summed E-state index contributed by atoms with van der Waals surface area (Å²) in [5.41, 5.74) is 0.102. The van der Waals surface area contributed by atoms with Gasteiger partial charge in [0.25, 0.3) is 0 Å². The van der Waals surface area contributed by atoms with Gasteiger partial charge in [-0.25, -0.2) is 0 Å².